The van der Waals surface area contributed by atoms with E-state index in [0.29, 0.717) is 23.1 Å². The van der Waals surface area contributed by atoms with E-state index in [4.69, 9.17) is 28.3 Å². The second-order valence-electron chi connectivity index (χ2n) is 4.47. The molecular formula is C13H16Cl2N4O. The van der Waals surface area contributed by atoms with Gasteiger partial charge in [0.25, 0.3) is 0 Å². The fraction of sp³-hybridized carbons (Fsp3) is 0.385. The van der Waals surface area contributed by atoms with E-state index in [2.05, 4.69) is 15.6 Å². The average Bonchev–Trinajstić information content (AvgIpc) is 2.87. The summed E-state index contributed by atoms with van der Waals surface area (Å²) < 4.78 is 1.61. The van der Waals surface area contributed by atoms with Gasteiger partial charge in [0, 0.05) is 18.8 Å². The van der Waals surface area contributed by atoms with Crippen LogP contribution in [-0.4, -0.2) is 26.7 Å². The number of aliphatic hydroxyl groups excluding tert-OH is 1. The smallest absolute Gasteiger partial charge is 0.0965 e. The molecule has 0 aliphatic heterocycles. The van der Waals surface area contributed by atoms with Gasteiger partial charge in [0.05, 0.1) is 28.9 Å². The molecule has 0 spiro atoms. The van der Waals surface area contributed by atoms with Crippen molar-refractivity contribution in [2.45, 2.75) is 26.1 Å². The first-order valence-electron chi connectivity index (χ1n) is 6.28. The zero-order valence-corrected chi connectivity index (χ0v) is 12.6. The average molecular weight is 315 g/mol. The molecule has 0 amide bonds. The Balaban J connectivity index is 1.93. The summed E-state index contributed by atoms with van der Waals surface area (Å²) in [5.74, 6) is 0. The highest BCUT2D eigenvalue weighted by molar-refractivity contribution is 6.42. The molecule has 1 aromatic heterocycles. The third-order valence-corrected chi connectivity index (χ3v) is 3.69. The summed E-state index contributed by atoms with van der Waals surface area (Å²) in [5, 5.41) is 21.2. The van der Waals surface area contributed by atoms with Gasteiger partial charge in [0.1, 0.15) is 0 Å². The standard InChI is InChI=1S/C13H16Cl2N4O/c1-9(10-2-3-12(14)13(15)6-10)16-7-11-8-19(4-5-20)18-17-11/h2-3,6,8-9,16,20H,4-5,7H2,1H3. The van der Waals surface area contributed by atoms with E-state index < -0.39 is 0 Å². The molecule has 1 aromatic carbocycles. The van der Waals surface area contributed by atoms with Crippen molar-refractivity contribution in [3.63, 3.8) is 0 Å². The predicted molar refractivity (Wildman–Crippen MR) is 78.8 cm³/mol. The van der Waals surface area contributed by atoms with Crippen LogP contribution in [0, 0.1) is 0 Å². The second-order valence-corrected chi connectivity index (χ2v) is 5.29. The number of nitrogens with one attached hydrogen (secondary N) is 1. The molecule has 0 aliphatic carbocycles. The van der Waals surface area contributed by atoms with Gasteiger partial charge in [-0.05, 0) is 24.6 Å². The molecule has 1 heterocycles. The highest BCUT2D eigenvalue weighted by Gasteiger charge is 2.08. The SMILES string of the molecule is CC(NCc1cn(CCO)nn1)c1ccc(Cl)c(Cl)c1. The lowest BCUT2D eigenvalue weighted by atomic mass is 10.1. The monoisotopic (exact) mass is 314 g/mol. The molecule has 1 atom stereocenters. The molecule has 2 N–H and O–H groups in total. The summed E-state index contributed by atoms with van der Waals surface area (Å²) >= 11 is 11.9. The maximum absolute atomic E-state index is 8.82. The van der Waals surface area contributed by atoms with Crippen LogP contribution in [0.5, 0.6) is 0 Å². The van der Waals surface area contributed by atoms with Crippen molar-refractivity contribution in [3.05, 3.63) is 45.7 Å². The topological polar surface area (TPSA) is 63.0 Å². The first-order chi connectivity index (χ1) is 9.60. The van der Waals surface area contributed by atoms with Gasteiger partial charge in [-0.15, -0.1) is 5.10 Å². The first-order valence-corrected chi connectivity index (χ1v) is 7.04. The van der Waals surface area contributed by atoms with Gasteiger partial charge >= 0.3 is 0 Å². The summed E-state index contributed by atoms with van der Waals surface area (Å²) in [7, 11) is 0. The second kappa shape index (κ2) is 7.04. The van der Waals surface area contributed by atoms with Gasteiger partial charge in [-0.1, -0.05) is 34.5 Å². The Labute approximate surface area is 127 Å². The Kier molecular flexibility index (Phi) is 5.37. The van der Waals surface area contributed by atoms with E-state index in [1.54, 1.807) is 10.7 Å². The van der Waals surface area contributed by atoms with Gasteiger partial charge in [0.15, 0.2) is 0 Å². The van der Waals surface area contributed by atoms with Crippen molar-refractivity contribution in [2.75, 3.05) is 6.61 Å². The maximum atomic E-state index is 8.82. The fourth-order valence-electron chi connectivity index (χ4n) is 1.79. The van der Waals surface area contributed by atoms with Crippen molar-refractivity contribution in [3.8, 4) is 0 Å². The van der Waals surface area contributed by atoms with E-state index in [1.807, 2.05) is 25.3 Å². The highest BCUT2D eigenvalue weighted by atomic mass is 35.5. The lowest BCUT2D eigenvalue weighted by molar-refractivity contribution is 0.268. The molecular weight excluding hydrogens is 299 g/mol. The van der Waals surface area contributed by atoms with E-state index in [1.165, 1.54) is 0 Å². The van der Waals surface area contributed by atoms with Crippen LogP contribution in [0.4, 0.5) is 0 Å². The van der Waals surface area contributed by atoms with Gasteiger partial charge < -0.3 is 10.4 Å². The molecule has 108 valence electrons. The Morgan fingerprint density at radius 3 is 2.85 bits per heavy atom. The molecule has 0 saturated heterocycles. The Morgan fingerprint density at radius 1 is 1.35 bits per heavy atom. The number of benzene rings is 1. The van der Waals surface area contributed by atoms with Crippen LogP contribution in [0.3, 0.4) is 0 Å². The quantitative estimate of drug-likeness (QED) is 0.859. The molecule has 0 fully saturated rings. The number of hydrogen-bond donors (Lipinski definition) is 2. The lowest BCUT2D eigenvalue weighted by Gasteiger charge is -2.13. The molecule has 0 radical (unpaired) electrons. The molecule has 20 heavy (non-hydrogen) atoms. The van der Waals surface area contributed by atoms with Crippen molar-refractivity contribution in [2.24, 2.45) is 0 Å². The summed E-state index contributed by atoms with van der Waals surface area (Å²) in [5.41, 5.74) is 1.88. The molecule has 5 nitrogen and oxygen atoms in total. The van der Waals surface area contributed by atoms with Crippen LogP contribution < -0.4 is 5.32 Å². The maximum Gasteiger partial charge on any atom is 0.0965 e. The zero-order valence-electron chi connectivity index (χ0n) is 11.1. The molecule has 0 bridgehead atoms. The number of aliphatic hydroxyl groups is 1. The third kappa shape index (κ3) is 3.93. The van der Waals surface area contributed by atoms with Gasteiger partial charge in [0.2, 0.25) is 0 Å². The summed E-state index contributed by atoms with van der Waals surface area (Å²) in [6.45, 7) is 3.13. The molecule has 1 unspecified atom stereocenters. The zero-order chi connectivity index (χ0) is 14.5. The molecule has 2 rings (SSSR count). The van der Waals surface area contributed by atoms with Crippen molar-refractivity contribution in [1.82, 2.24) is 20.3 Å². The van der Waals surface area contributed by atoms with Crippen LogP contribution in [0.1, 0.15) is 24.2 Å². The first kappa shape index (κ1) is 15.3. The molecule has 2 aromatic rings. The molecule has 0 saturated carbocycles. The fourth-order valence-corrected chi connectivity index (χ4v) is 2.10. The van der Waals surface area contributed by atoms with Crippen LogP contribution in [0.15, 0.2) is 24.4 Å². The Hall–Kier alpha value is -1.14. The molecule has 0 aliphatic rings. The lowest BCUT2D eigenvalue weighted by Crippen LogP contribution is -2.18. The minimum absolute atomic E-state index is 0.0515. The summed E-state index contributed by atoms with van der Waals surface area (Å²) in [4.78, 5) is 0. The minimum atomic E-state index is 0.0515. The van der Waals surface area contributed by atoms with E-state index in [-0.39, 0.29) is 12.6 Å². The summed E-state index contributed by atoms with van der Waals surface area (Å²) in [6, 6.07) is 5.70. The van der Waals surface area contributed by atoms with E-state index in [9.17, 15) is 0 Å². The Morgan fingerprint density at radius 2 is 2.15 bits per heavy atom. The van der Waals surface area contributed by atoms with Crippen molar-refractivity contribution < 1.29 is 5.11 Å². The van der Waals surface area contributed by atoms with Gasteiger partial charge in [-0.2, -0.15) is 0 Å². The van der Waals surface area contributed by atoms with Gasteiger partial charge in [-0.3, -0.25) is 0 Å². The van der Waals surface area contributed by atoms with E-state index in [0.717, 1.165) is 11.3 Å². The van der Waals surface area contributed by atoms with Crippen LogP contribution in [-0.2, 0) is 13.1 Å². The third-order valence-electron chi connectivity index (χ3n) is 2.95. The van der Waals surface area contributed by atoms with Crippen molar-refractivity contribution >= 4 is 23.2 Å². The number of nitrogens with zero attached hydrogens (tertiary/aromatic N) is 3. The summed E-state index contributed by atoms with van der Waals surface area (Å²) in [6.07, 6.45) is 1.81. The number of halogens is 2. The number of aromatic nitrogens is 3. The largest absolute Gasteiger partial charge is 0.394 e. The van der Waals surface area contributed by atoms with Gasteiger partial charge in [-0.25, -0.2) is 4.68 Å². The van der Waals surface area contributed by atoms with E-state index >= 15 is 0 Å². The van der Waals surface area contributed by atoms with Crippen LogP contribution >= 0.6 is 23.2 Å². The minimum Gasteiger partial charge on any atom is -0.394 e. The predicted octanol–water partition coefficient (Wildman–Crippen LogP) is 2.43. The van der Waals surface area contributed by atoms with Crippen LogP contribution in [0.25, 0.3) is 0 Å². The number of rotatable bonds is 6. The molecule has 7 heteroatoms. The van der Waals surface area contributed by atoms with Crippen molar-refractivity contribution in [1.29, 1.82) is 0 Å². The number of hydrogen-bond acceptors (Lipinski definition) is 4. The normalized spacial score (nSPS) is 12.6. The highest BCUT2D eigenvalue weighted by Crippen LogP contribution is 2.25. The Bertz CT molecular complexity index is 573. The van der Waals surface area contributed by atoms with Crippen LogP contribution in [0.2, 0.25) is 10.0 Å².